The van der Waals surface area contributed by atoms with Crippen molar-refractivity contribution in [2.24, 2.45) is 0 Å². The summed E-state index contributed by atoms with van der Waals surface area (Å²) < 4.78 is 39.4. The molecule has 11 heteroatoms. The molecule has 3 aromatic heterocycles. The lowest BCUT2D eigenvalue weighted by Gasteiger charge is -2.10. The summed E-state index contributed by atoms with van der Waals surface area (Å²) in [6.07, 6.45) is -3.00. The van der Waals surface area contributed by atoms with Crippen LogP contribution in [0.3, 0.4) is 0 Å². The van der Waals surface area contributed by atoms with Crippen LogP contribution in [0.4, 0.5) is 19.0 Å². The number of aromatic hydroxyl groups is 1. The first-order valence-corrected chi connectivity index (χ1v) is 7.90. The van der Waals surface area contributed by atoms with Gasteiger partial charge in [-0.3, -0.25) is 4.79 Å². The van der Waals surface area contributed by atoms with Crippen molar-refractivity contribution >= 4 is 17.5 Å². The number of halogens is 3. The Labute approximate surface area is 151 Å². The lowest BCUT2D eigenvalue weighted by molar-refractivity contribution is -0.144. The molecule has 0 unspecified atom stereocenters. The Hall–Kier alpha value is -3.24. The first kappa shape index (κ1) is 18.5. The van der Waals surface area contributed by atoms with E-state index in [4.69, 9.17) is 0 Å². The minimum absolute atomic E-state index is 0.0195. The number of carbonyl (C=O) groups is 1. The van der Waals surface area contributed by atoms with E-state index in [1.54, 1.807) is 13.8 Å². The van der Waals surface area contributed by atoms with Crippen LogP contribution in [0.5, 0.6) is 5.75 Å². The zero-order valence-electron chi connectivity index (χ0n) is 14.4. The Morgan fingerprint density at radius 1 is 1.30 bits per heavy atom. The lowest BCUT2D eigenvalue weighted by atomic mass is 10.1. The molecule has 0 aliphatic carbocycles. The molecule has 0 aliphatic rings. The Kier molecular flexibility index (Phi) is 4.68. The summed E-state index contributed by atoms with van der Waals surface area (Å²) >= 11 is 0. The first-order chi connectivity index (χ1) is 12.7. The molecular weight excluding hydrogens is 365 g/mol. The normalized spacial score (nSPS) is 11.7. The van der Waals surface area contributed by atoms with Gasteiger partial charge in [0.15, 0.2) is 11.6 Å². The second kappa shape index (κ2) is 6.82. The van der Waals surface area contributed by atoms with Gasteiger partial charge in [0.1, 0.15) is 0 Å². The Bertz CT molecular complexity index is 1020. The van der Waals surface area contributed by atoms with Crippen molar-refractivity contribution in [2.75, 3.05) is 5.32 Å². The zero-order chi connectivity index (χ0) is 19.8. The zero-order valence-corrected chi connectivity index (χ0v) is 14.4. The number of anilines is 1. The van der Waals surface area contributed by atoms with E-state index in [0.717, 1.165) is 4.52 Å². The first-order valence-electron chi connectivity index (χ1n) is 7.90. The molecule has 8 nitrogen and oxygen atoms in total. The van der Waals surface area contributed by atoms with Crippen molar-refractivity contribution in [3.63, 3.8) is 0 Å². The van der Waals surface area contributed by atoms with E-state index < -0.39 is 17.9 Å². The molecule has 142 valence electrons. The fourth-order valence-corrected chi connectivity index (χ4v) is 2.62. The van der Waals surface area contributed by atoms with Crippen molar-refractivity contribution in [3.8, 4) is 5.75 Å². The summed E-state index contributed by atoms with van der Waals surface area (Å²) in [5, 5.41) is 15.6. The number of hydrogen-bond acceptors (Lipinski definition) is 6. The highest BCUT2D eigenvalue weighted by Crippen LogP contribution is 2.27. The van der Waals surface area contributed by atoms with Gasteiger partial charge in [-0.05, 0) is 38.0 Å². The quantitative estimate of drug-likeness (QED) is 0.720. The number of alkyl halides is 3. The van der Waals surface area contributed by atoms with E-state index in [1.165, 1.54) is 18.3 Å². The number of aromatic nitrogens is 5. The summed E-state index contributed by atoms with van der Waals surface area (Å²) in [5.41, 5.74) is 1.49. The molecule has 3 rings (SSSR count). The van der Waals surface area contributed by atoms with Gasteiger partial charge >= 0.3 is 6.18 Å². The fourth-order valence-electron chi connectivity index (χ4n) is 2.62. The van der Waals surface area contributed by atoms with Crippen molar-refractivity contribution in [1.82, 2.24) is 24.6 Å². The molecule has 0 fully saturated rings. The minimum atomic E-state index is -4.67. The van der Waals surface area contributed by atoms with E-state index in [9.17, 15) is 23.1 Å². The lowest BCUT2D eigenvalue weighted by Crippen LogP contribution is -2.15. The minimum Gasteiger partial charge on any atom is -0.504 e. The smallest absolute Gasteiger partial charge is 0.453 e. The third kappa shape index (κ3) is 3.81. The molecule has 1 amide bonds. The van der Waals surface area contributed by atoms with Gasteiger partial charge in [0.25, 0.3) is 11.6 Å². The number of fused-ring (bicyclic) bond motifs is 1. The number of hydrogen-bond donors (Lipinski definition) is 2. The van der Waals surface area contributed by atoms with Gasteiger partial charge in [-0.25, -0.2) is 14.5 Å². The maximum atomic E-state index is 12.8. The van der Waals surface area contributed by atoms with E-state index in [-0.39, 0.29) is 30.2 Å². The van der Waals surface area contributed by atoms with Crippen LogP contribution in [0.25, 0.3) is 5.78 Å². The monoisotopic (exact) mass is 380 g/mol. The fraction of sp³-hybridized carbons (Fsp3) is 0.312. The highest BCUT2D eigenvalue weighted by Gasteiger charge is 2.36. The van der Waals surface area contributed by atoms with Crippen molar-refractivity contribution in [3.05, 3.63) is 41.1 Å². The highest BCUT2D eigenvalue weighted by molar-refractivity contribution is 5.91. The van der Waals surface area contributed by atoms with Crippen molar-refractivity contribution in [2.45, 2.75) is 32.9 Å². The van der Waals surface area contributed by atoms with E-state index in [2.05, 4.69) is 25.4 Å². The predicted octanol–water partition coefficient (Wildman–Crippen LogP) is 2.43. The van der Waals surface area contributed by atoms with Crippen LogP contribution in [0.15, 0.2) is 18.3 Å². The molecule has 3 heterocycles. The highest BCUT2D eigenvalue weighted by atomic mass is 19.4. The number of rotatable bonds is 4. The van der Waals surface area contributed by atoms with Gasteiger partial charge in [-0.15, -0.1) is 5.10 Å². The molecule has 2 N–H and O–H groups in total. The van der Waals surface area contributed by atoms with Crippen LogP contribution in [-0.4, -0.2) is 35.6 Å². The predicted molar refractivity (Wildman–Crippen MR) is 88.1 cm³/mol. The third-order valence-corrected chi connectivity index (χ3v) is 3.95. The average Bonchev–Trinajstić information content (AvgIpc) is 3.01. The summed E-state index contributed by atoms with van der Waals surface area (Å²) in [5.74, 6) is -1.95. The molecule has 0 bridgehead atoms. The average molecular weight is 380 g/mol. The van der Waals surface area contributed by atoms with Gasteiger partial charge in [0.05, 0.1) is 0 Å². The Morgan fingerprint density at radius 2 is 2.04 bits per heavy atom. The molecular formula is C16H15F3N6O2. The molecule has 0 aliphatic heterocycles. The van der Waals surface area contributed by atoms with Crippen LogP contribution in [0, 0.1) is 13.8 Å². The van der Waals surface area contributed by atoms with Crippen molar-refractivity contribution in [1.29, 1.82) is 0 Å². The maximum Gasteiger partial charge on any atom is 0.453 e. The number of nitrogens with zero attached hydrogens (tertiary/aromatic N) is 5. The van der Waals surface area contributed by atoms with Gasteiger partial charge in [-0.1, -0.05) is 0 Å². The molecule has 27 heavy (non-hydrogen) atoms. The van der Waals surface area contributed by atoms with E-state index >= 15 is 0 Å². The number of pyridine rings is 1. The summed E-state index contributed by atoms with van der Waals surface area (Å²) in [4.78, 5) is 23.4. The number of amides is 1. The topological polar surface area (TPSA) is 105 Å². The van der Waals surface area contributed by atoms with Gasteiger partial charge < -0.3 is 10.4 Å². The second-order valence-corrected chi connectivity index (χ2v) is 5.83. The Morgan fingerprint density at radius 3 is 2.70 bits per heavy atom. The largest absolute Gasteiger partial charge is 0.504 e. The van der Waals surface area contributed by atoms with E-state index in [1.807, 2.05) is 0 Å². The van der Waals surface area contributed by atoms with Gasteiger partial charge in [0, 0.05) is 24.0 Å². The van der Waals surface area contributed by atoms with Crippen LogP contribution in [0.1, 0.15) is 29.2 Å². The second-order valence-electron chi connectivity index (χ2n) is 5.83. The van der Waals surface area contributed by atoms with Crippen LogP contribution in [0.2, 0.25) is 0 Å². The maximum absolute atomic E-state index is 12.8. The number of nitrogens with one attached hydrogen (secondary N) is 1. The van der Waals surface area contributed by atoms with Crippen LogP contribution >= 0.6 is 0 Å². The van der Waals surface area contributed by atoms with Gasteiger partial charge in [-0.2, -0.15) is 18.2 Å². The molecule has 0 spiro atoms. The Balaban J connectivity index is 1.80. The standard InChI is InChI=1S/C16H15F3N6O2/c1-8-10(5-6-12(27)22-13-11(26)4-3-7-20-13)9(2)25-15(21-8)23-14(24-25)16(17,18)19/h3-4,7,26H,5-6H2,1-2H3,(H,20,22,27). The molecule has 0 saturated carbocycles. The molecule has 3 aromatic rings. The molecule has 0 saturated heterocycles. The summed E-state index contributed by atoms with van der Waals surface area (Å²) in [6.45, 7) is 3.22. The van der Waals surface area contributed by atoms with Gasteiger partial charge in [0.2, 0.25) is 5.91 Å². The molecule has 0 radical (unpaired) electrons. The molecule has 0 aromatic carbocycles. The van der Waals surface area contributed by atoms with Crippen LogP contribution in [-0.2, 0) is 17.4 Å². The number of aryl methyl sites for hydroxylation is 2. The summed E-state index contributed by atoms with van der Waals surface area (Å²) in [7, 11) is 0. The summed E-state index contributed by atoms with van der Waals surface area (Å²) in [6, 6.07) is 2.91. The third-order valence-electron chi connectivity index (χ3n) is 3.95. The van der Waals surface area contributed by atoms with E-state index in [0.29, 0.717) is 17.0 Å². The van der Waals surface area contributed by atoms with Crippen LogP contribution < -0.4 is 5.32 Å². The SMILES string of the molecule is Cc1nc2nc(C(F)(F)F)nn2c(C)c1CCC(=O)Nc1ncccc1O. The number of carbonyl (C=O) groups excluding carboxylic acids is 1. The van der Waals surface area contributed by atoms with Crippen molar-refractivity contribution < 1.29 is 23.1 Å². The molecule has 0 atom stereocenters.